The maximum absolute atomic E-state index is 12.8. The highest BCUT2D eigenvalue weighted by Gasteiger charge is 2.02. The van der Waals surface area contributed by atoms with Gasteiger partial charge in [0.05, 0.1) is 0 Å². The molecule has 0 aliphatic rings. The van der Waals surface area contributed by atoms with Crippen LogP contribution in [-0.2, 0) is 4.79 Å². The molecule has 0 radical (unpaired) electrons. The topological polar surface area (TPSA) is 29.1 Å². The van der Waals surface area contributed by atoms with E-state index in [0.29, 0.717) is 0 Å². The number of carbonyl (C=O) groups excluding carboxylic acids is 1. The van der Waals surface area contributed by atoms with Crippen LogP contribution in [0.5, 0.6) is 0 Å². The fraction of sp³-hybridized carbons (Fsp3) is 0. The number of carbonyl (C=O) groups is 1. The zero-order valence-corrected chi connectivity index (χ0v) is 11.8. The standard InChI is InChI=1S/C19H14FNO/c20-16-11-8-14(9-12-16)10-13-19(22)21-18-7-3-5-15-4-1-2-6-17(15)18/h1-13H,(H,21,22). The predicted octanol–water partition coefficient (Wildman–Crippen LogP) is 4.63. The van der Waals surface area contributed by atoms with Crippen molar-refractivity contribution in [2.75, 3.05) is 5.32 Å². The van der Waals surface area contributed by atoms with Crippen molar-refractivity contribution >= 4 is 28.4 Å². The van der Waals surface area contributed by atoms with Crippen molar-refractivity contribution < 1.29 is 9.18 Å². The summed E-state index contributed by atoms with van der Waals surface area (Å²) in [4.78, 5) is 12.0. The quantitative estimate of drug-likeness (QED) is 0.700. The maximum atomic E-state index is 12.8. The SMILES string of the molecule is O=C(C=Cc1ccc(F)cc1)Nc1cccc2ccccc12. The molecule has 0 unspecified atom stereocenters. The Morgan fingerprint density at radius 1 is 0.909 bits per heavy atom. The Labute approximate surface area is 127 Å². The van der Waals surface area contributed by atoms with Gasteiger partial charge in [0.25, 0.3) is 0 Å². The number of anilines is 1. The number of hydrogen-bond acceptors (Lipinski definition) is 1. The van der Waals surface area contributed by atoms with Crippen LogP contribution in [-0.4, -0.2) is 5.91 Å². The van der Waals surface area contributed by atoms with Crippen LogP contribution in [0.1, 0.15) is 5.56 Å². The molecule has 0 aliphatic carbocycles. The molecule has 1 N–H and O–H groups in total. The Morgan fingerprint density at radius 3 is 2.45 bits per heavy atom. The van der Waals surface area contributed by atoms with Crippen molar-refractivity contribution in [3.63, 3.8) is 0 Å². The van der Waals surface area contributed by atoms with Gasteiger partial charge in [0.1, 0.15) is 5.82 Å². The summed E-state index contributed by atoms with van der Waals surface area (Å²) >= 11 is 0. The summed E-state index contributed by atoms with van der Waals surface area (Å²) < 4.78 is 12.8. The molecule has 3 rings (SSSR count). The van der Waals surface area contributed by atoms with Gasteiger partial charge >= 0.3 is 0 Å². The lowest BCUT2D eigenvalue weighted by molar-refractivity contribution is -0.111. The van der Waals surface area contributed by atoms with Crippen molar-refractivity contribution in [2.45, 2.75) is 0 Å². The molecule has 3 aromatic carbocycles. The fourth-order valence-electron chi connectivity index (χ4n) is 2.25. The van der Waals surface area contributed by atoms with E-state index in [1.165, 1.54) is 18.2 Å². The van der Waals surface area contributed by atoms with E-state index >= 15 is 0 Å². The molecule has 0 fully saturated rings. The molecule has 0 aliphatic heterocycles. The average Bonchev–Trinajstić information content (AvgIpc) is 2.55. The average molecular weight is 291 g/mol. The molecule has 0 saturated carbocycles. The molecular weight excluding hydrogens is 277 g/mol. The number of halogens is 1. The van der Waals surface area contributed by atoms with Gasteiger partial charge in [-0.1, -0.05) is 48.5 Å². The summed E-state index contributed by atoms with van der Waals surface area (Å²) in [7, 11) is 0. The summed E-state index contributed by atoms with van der Waals surface area (Å²) in [5.41, 5.74) is 1.54. The van der Waals surface area contributed by atoms with Gasteiger partial charge in [-0.3, -0.25) is 4.79 Å². The van der Waals surface area contributed by atoms with E-state index in [9.17, 15) is 9.18 Å². The minimum absolute atomic E-state index is 0.222. The van der Waals surface area contributed by atoms with E-state index in [1.54, 1.807) is 18.2 Å². The highest BCUT2D eigenvalue weighted by atomic mass is 19.1. The monoisotopic (exact) mass is 291 g/mol. The number of hydrogen-bond donors (Lipinski definition) is 1. The number of nitrogens with one attached hydrogen (secondary N) is 1. The van der Waals surface area contributed by atoms with Crippen LogP contribution in [0.15, 0.2) is 72.8 Å². The summed E-state index contributed by atoms with van der Waals surface area (Å²) in [5, 5.41) is 4.93. The van der Waals surface area contributed by atoms with Crippen LogP contribution >= 0.6 is 0 Å². The molecule has 22 heavy (non-hydrogen) atoms. The second-order valence-corrected chi connectivity index (χ2v) is 4.90. The Morgan fingerprint density at radius 2 is 1.64 bits per heavy atom. The Hall–Kier alpha value is -2.94. The molecule has 108 valence electrons. The lowest BCUT2D eigenvalue weighted by Gasteiger charge is -2.06. The lowest BCUT2D eigenvalue weighted by atomic mass is 10.1. The summed E-state index contributed by atoms with van der Waals surface area (Å²) in [6.45, 7) is 0. The third-order valence-electron chi connectivity index (χ3n) is 3.34. The first-order valence-electron chi connectivity index (χ1n) is 6.95. The fourth-order valence-corrected chi connectivity index (χ4v) is 2.25. The zero-order chi connectivity index (χ0) is 15.4. The van der Waals surface area contributed by atoms with Crippen molar-refractivity contribution in [1.82, 2.24) is 0 Å². The van der Waals surface area contributed by atoms with Gasteiger partial charge in [0.15, 0.2) is 0 Å². The molecule has 0 bridgehead atoms. The molecule has 0 aromatic heterocycles. The molecule has 3 heteroatoms. The summed E-state index contributed by atoms with van der Waals surface area (Å²) in [6.07, 6.45) is 3.09. The van der Waals surface area contributed by atoms with Gasteiger partial charge in [-0.25, -0.2) is 4.39 Å². The van der Waals surface area contributed by atoms with Crippen LogP contribution in [0.4, 0.5) is 10.1 Å². The minimum atomic E-state index is -0.294. The third kappa shape index (κ3) is 3.20. The van der Waals surface area contributed by atoms with Crippen LogP contribution in [0.25, 0.3) is 16.8 Å². The van der Waals surface area contributed by atoms with Crippen LogP contribution < -0.4 is 5.32 Å². The molecule has 0 heterocycles. The molecule has 3 aromatic rings. The van der Waals surface area contributed by atoms with E-state index in [2.05, 4.69) is 5.32 Å². The van der Waals surface area contributed by atoms with Gasteiger partial charge < -0.3 is 5.32 Å². The van der Waals surface area contributed by atoms with E-state index in [-0.39, 0.29) is 11.7 Å². The van der Waals surface area contributed by atoms with E-state index in [4.69, 9.17) is 0 Å². The Bertz CT molecular complexity index is 832. The van der Waals surface area contributed by atoms with Crippen LogP contribution in [0.3, 0.4) is 0 Å². The van der Waals surface area contributed by atoms with Crippen molar-refractivity contribution in [3.8, 4) is 0 Å². The smallest absolute Gasteiger partial charge is 0.248 e. The van der Waals surface area contributed by atoms with Crippen molar-refractivity contribution in [1.29, 1.82) is 0 Å². The van der Waals surface area contributed by atoms with Crippen molar-refractivity contribution in [3.05, 3.63) is 84.2 Å². The zero-order valence-electron chi connectivity index (χ0n) is 11.8. The van der Waals surface area contributed by atoms with E-state index in [0.717, 1.165) is 22.0 Å². The number of rotatable bonds is 3. The molecule has 0 atom stereocenters. The summed E-state index contributed by atoms with van der Waals surface area (Å²) in [5.74, 6) is -0.516. The number of benzene rings is 3. The van der Waals surface area contributed by atoms with Gasteiger partial charge in [-0.05, 0) is 35.2 Å². The minimum Gasteiger partial charge on any atom is -0.322 e. The van der Waals surface area contributed by atoms with Gasteiger partial charge in [-0.2, -0.15) is 0 Å². The highest BCUT2D eigenvalue weighted by molar-refractivity contribution is 6.07. The number of fused-ring (bicyclic) bond motifs is 1. The van der Waals surface area contributed by atoms with Gasteiger partial charge in [0, 0.05) is 17.1 Å². The molecule has 1 amide bonds. The van der Waals surface area contributed by atoms with Gasteiger partial charge in [0.2, 0.25) is 5.91 Å². The Kier molecular flexibility index (Phi) is 3.97. The van der Waals surface area contributed by atoms with E-state index in [1.807, 2.05) is 42.5 Å². The largest absolute Gasteiger partial charge is 0.322 e. The molecular formula is C19H14FNO. The first kappa shape index (κ1) is 14.0. The first-order valence-corrected chi connectivity index (χ1v) is 6.95. The Balaban J connectivity index is 1.77. The molecule has 2 nitrogen and oxygen atoms in total. The highest BCUT2D eigenvalue weighted by Crippen LogP contribution is 2.22. The molecule has 0 saturated heterocycles. The second kappa shape index (κ2) is 6.22. The maximum Gasteiger partial charge on any atom is 0.248 e. The summed E-state index contributed by atoms with van der Waals surface area (Å²) in [6, 6.07) is 19.6. The normalized spacial score (nSPS) is 11.0. The first-order chi connectivity index (χ1) is 10.7. The van der Waals surface area contributed by atoms with Crippen LogP contribution in [0.2, 0.25) is 0 Å². The third-order valence-corrected chi connectivity index (χ3v) is 3.34. The van der Waals surface area contributed by atoms with Gasteiger partial charge in [-0.15, -0.1) is 0 Å². The lowest BCUT2D eigenvalue weighted by Crippen LogP contribution is -2.07. The van der Waals surface area contributed by atoms with Crippen molar-refractivity contribution in [2.24, 2.45) is 0 Å². The number of amides is 1. The van der Waals surface area contributed by atoms with Crippen LogP contribution in [0, 0.1) is 5.82 Å². The molecule has 0 spiro atoms. The van der Waals surface area contributed by atoms with E-state index < -0.39 is 0 Å². The second-order valence-electron chi connectivity index (χ2n) is 4.90. The predicted molar refractivity (Wildman–Crippen MR) is 88.0 cm³/mol.